The Hall–Kier alpha value is -0.610. The number of rotatable bonds is 6. The highest BCUT2D eigenvalue weighted by Gasteiger charge is 2.20. The summed E-state index contributed by atoms with van der Waals surface area (Å²) < 4.78 is 0. The van der Waals surface area contributed by atoms with Crippen LogP contribution in [0.2, 0.25) is 0 Å². The molecular weight excluding hydrogens is 202 g/mol. The Morgan fingerprint density at radius 3 is 2.81 bits per heavy atom. The Kier molecular flexibility index (Phi) is 5.77. The van der Waals surface area contributed by atoms with Gasteiger partial charge in [-0.2, -0.15) is 0 Å². The molecule has 0 aromatic heterocycles. The molecule has 1 rings (SSSR count). The van der Waals surface area contributed by atoms with Crippen LogP contribution in [0.15, 0.2) is 0 Å². The minimum Gasteiger partial charge on any atom is -0.354 e. The number of amides is 1. The summed E-state index contributed by atoms with van der Waals surface area (Å²) in [4.78, 5) is 11.5. The highest BCUT2D eigenvalue weighted by atomic mass is 16.1. The van der Waals surface area contributed by atoms with E-state index in [1.807, 2.05) is 6.92 Å². The molecule has 0 spiro atoms. The lowest BCUT2D eigenvalue weighted by molar-refractivity contribution is -0.121. The van der Waals surface area contributed by atoms with Crippen LogP contribution in [-0.4, -0.2) is 30.6 Å². The molecular formula is C12H25N3O. The second-order valence-electron chi connectivity index (χ2n) is 4.85. The predicted octanol–water partition coefficient (Wildman–Crippen LogP) is 0.761. The molecule has 3 unspecified atom stereocenters. The summed E-state index contributed by atoms with van der Waals surface area (Å²) in [5, 5.41) is 6.35. The van der Waals surface area contributed by atoms with Crippen LogP contribution < -0.4 is 16.4 Å². The number of hydrogen-bond acceptors (Lipinski definition) is 3. The van der Waals surface area contributed by atoms with Crippen molar-refractivity contribution in [1.29, 1.82) is 0 Å². The highest BCUT2D eigenvalue weighted by molar-refractivity contribution is 5.76. The Balaban J connectivity index is 2.04. The number of hydrogen-bond donors (Lipinski definition) is 3. The van der Waals surface area contributed by atoms with E-state index in [1.165, 1.54) is 0 Å². The van der Waals surface area contributed by atoms with Gasteiger partial charge in [0.2, 0.25) is 5.91 Å². The first-order valence-corrected chi connectivity index (χ1v) is 6.40. The Labute approximate surface area is 98.3 Å². The van der Waals surface area contributed by atoms with Crippen LogP contribution in [0.5, 0.6) is 0 Å². The van der Waals surface area contributed by atoms with E-state index in [0.717, 1.165) is 32.2 Å². The molecule has 1 aliphatic carbocycles. The van der Waals surface area contributed by atoms with Gasteiger partial charge in [-0.3, -0.25) is 4.79 Å². The van der Waals surface area contributed by atoms with Crippen molar-refractivity contribution in [3.8, 4) is 0 Å². The number of nitrogens with two attached hydrogens (primary N) is 1. The van der Waals surface area contributed by atoms with Gasteiger partial charge in [-0.05, 0) is 32.6 Å². The fourth-order valence-electron chi connectivity index (χ4n) is 2.04. The van der Waals surface area contributed by atoms with Gasteiger partial charge in [0.05, 0.1) is 0 Å². The molecule has 0 aromatic rings. The largest absolute Gasteiger partial charge is 0.354 e. The molecule has 4 nitrogen and oxygen atoms in total. The molecule has 1 aliphatic rings. The van der Waals surface area contributed by atoms with Crippen molar-refractivity contribution in [1.82, 2.24) is 10.6 Å². The summed E-state index contributed by atoms with van der Waals surface area (Å²) in [5.74, 6) is 0.143. The van der Waals surface area contributed by atoms with Crippen molar-refractivity contribution in [2.24, 2.45) is 5.73 Å². The standard InChI is InChI=1S/C12H25N3O/c1-3-9(2)15-12(16)6-7-14-11-5-4-10(13)8-11/h9-11,14H,3-8,13H2,1-2H3,(H,15,16). The minimum atomic E-state index is 0.143. The summed E-state index contributed by atoms with van der Waals surface area (Å²) in [7, 11) is 0. The molecule has 1 fully saturated rings. The fraction of sp³-hybridized carbons (Fsp3) is 0.917. The molecule has 0 saturated heterocycles. The predicted molar refractivity (Wildman–Crippen MR) is 66.1 cm³/mol. The van der Waals surface area contributed by atoms with Gasteiger partial charge in [0, 0.05) is 31.1 Å². The van der Waals surface area contributed by atoms with E-state index >= 15 is 0 Å². The van der Waals surface area contributed by atoms with E-state index in [4.69, 9.17) is 5.73 Å². The van der Waals surface area contributed by atoms with Crippen molar-refractivity contribution < 1.29 is 4.79 Å². The maximum absolute atomic E-state index is 11.5. The van der Waals surface area contributed by atoms with Gasteiger partial charge in [0.15, 0.2) is 0 Å². The molecule has 1 saturated carbocycles. The van der Waals surface area contributed by atoms with Gasteiger partial charge >= 0.3 is 0 Å². The summed E-state index contributed by atoms with van der Waals surface area (Å²) in [5.41, 5.74) is 5.82. The van der Waals surface area contributed by atoms with E-state index in [0.29, 0.717) is 18.5 Å². The summed E-state index contributed by atoms with van der Waals surface area (Å²) in [6.45, 7) is 4.87. The molecule has 3 atom stereocenters. The third-order valence-corrected chi connectivity index (χ3v) is 3.28. The van der Waals surface area contributed by atoms with E-state index in [9.17, 15) is 4.79 Å². The zero-order chi connectivity index (χ0) is 12.0. The quantitative estimate of drug-likeness (QED) is 0.627. The molecule has 0 radical (unpaired) electrons. The average Bonchev–Trinajstić information content (AvgIpc) is 2.64. The average molecular weight is 227 g/mol. The van der Waals surface area contributed by atoms with Crippen LogP contribution in [0.25, 0.3) is 0 Å². The molecule has 16 heavy (non-hydrogen) atoms. The smallest absolute Gasteiger partial charge is 0.221 e. The van der Waals surface area contributed by atoms with E-state index in [1.54, 1.807) is 0 Å². The summed E-state index contributed by atoms with van der Waals surface area (Å²) >= 11 is 0. The first kappa shape index (κ1) is 13.5. The van der Waals surface area contributed by atoms with Crippen molar-refractivity contribution in [3.05, 3.63) is 0 Å². The number of carbonyl (C=O) groups is 1. The van der Waals surface area contributed by atoms with E-state index in [-0.39, 0.29) is 11.9 Å². The third-order valence-electron chi connectivity index (χ3n) is 3.28. The van der Waals surface area contributed by atoms with Gasteiger partial charge < -0.3 is 16.4 Å². The number of nitrogens with one attached hydrogen (secondary N) is 2. The maximum Gasteiger partial charge on any atom is 0.221 e. The zero-order valence-electron chi connectivity index (χ0n) is 10.5. The van der Waals surface area contributed by atoms with Crippen molar-refractivity contribution in [3.63, 3.8) is 0 Å². The monoisotopic (exact) mass is 227 g/mol. The van der Waals surface area contributed by atoms with Gasteiger partial charge in [0.1, 0.15) is 0 Å². The Bertz CT molecular complexity index is 220. The van der Waals surface area contributed by atoms with Crippen LogP contribution in [0.4, 0.5) is 0 Å². The Morgan fingerprint density at radius 1 is 1.50 bits per heavy atom. The van der Waals surface area contributed by atoms with Crippen LogP contribution in [0, 0.1) is 0 Å². The lowest BCUT2D eigenvalue weighted by atomic mass is 10.2. The normalized spacial score (nSPS) is 26.7. The first-order chi connectivity index (χ1) is 7.61. The lowest BCUT2D eigenvalue weighted by Gasteiger charge is -2.14. The second-order valence-corrected chi connectivity index (χ2v) is 4.85. The molecule has 94 valence electrons. The molecule has 4 N–H and O–H groups in total. The van der Waals surface area contributed by atoms with Crippen LogP contribution in [-0.2, 0) is 4.79 Å². The van der Waals surface area contributed by atoms with Crippen LogP contribution in [0.3, 0.4) is 0 Å². The molecule has 0 aliphatic heterocycles. The van der Waals surface area contributed by atoms with Gasteiger partial charge in [0.25, 0.3) is 0 Å². The minimum absolute atomic E-state index is 0.143. The van der Waals surface area contributed by atoms with Crippen molar-refractivity contribution in [2.75, 3.05) is 6.54 Å². The maximum atomic E-state index is 11.5. The summed E-state index contributed by atoms with van der Waals surface area (Å²) in [6, 6.07) is 1.16. The summed E-state index contributed by atoms with van der Waals surface area (Å²) in [6.07, 6.45) is 4.85. The molecule has 4 heteroatoms. The van der Waals surface area contributed by atoms with E-state index < -0.39 is 0 Å². The molecule has 0 aromatic carbocycles. The van der Waals surface area contributed by atoms with Crippen molar-refractivity contribution in [2.45, 2.75) is 64.1 Å². The Morgan fingerprint density at radius 2 is 2.25 bits per heavy atom. The van der Waals surface area contributed by atoms with Crippen LogP contribution >= 0.6 is 0 Å². The van der Waals surface area contributed by atoms with Gasteiger partial charge in [-0.15, -0.1) is 0 Å². The molecule has 0 heterocycles. The SMILES string of the molecule is CCC(C)NC(=O)CCNC1CCC(N)C1. The lowest BCUT2D eigenvalue weighted by Crippen LogP contribution is -2.36. The molecule has 0 bridgehead atoms. The highest BCUT2D eigenvalue weighted by Crippen LogP contribution is 2.16. The van der Waals surface area contributed by atoms with Crippen LogP contribution in [0.1, 0.15) is 46.0 Å². The van der Waals surface area contributed by atoms with E-state index in [2.05, 4.69) is 17.6 Å². The third kappa shape index (κ3) is 4.94. The second kappa shape index (κ2) is 6.86. The van der Waals surface area contributed by atoms with Gasteiger partial charge in [-0.1, -0.05) is 6.92 Å². The number of carbonyl (C=O) groups excluding carboxylic acids is 1. The van der Waals surface area contributed by atoms with Crippen molar-refractivity contribution >= 4 is 5.91 Å². The molecule has 1 amide bonds. The zero-order valence-corrected chi connectivity index (χ0v) is 10.5. The topological polar surface area (TPSA) is 67.2 Å². The first-order valence-electron chi connectivity index (χ1n) is 6.40. The fourth-order valence-corrected chi connectivity index (χ4v) is 2.04. The van der Waals surface area contributed by atoms with Gasteiger partial charge in [-0.25, -0.2) is 0 Å².